The van der Waals surface area contributed by atoms with Crippen LogP contribution in [0.3, 0.4) is 0 Å². The fourth-order valence-corrected chi connectivity index (χ4v) is 7.28. The molecule has 0 aromatic heterocycles. The Bertz CT molecular complexity index is 942. The van der Waals surface area contributed by atoms with E-state index in [4.69, 9.17) is 21.5 Å². The molecule has 5 rings (SSSR count). The molecule has 4 saturated carbocycles. The van der Waals surface area contributed by atoms with Crippen molar-refractivity contribution in [3.63, 3.8) is 0 Å². The Morgan fingerprint density at radius 3 is 2.30 bits per heavy atom. The molecule has 4 bridgehead atoms. The molecule has 4 aliphatic rings. The molecule has 1 atom stereocenters. The van der Waals surface area contributed by atoms with Gasteiger partial charge >= 0.3 is 5.97 Å². The number of halogens is 1. The van der Waals surface area contributed by atoms with Crippen molar-refractivity contribution in [2.75, 3.05) is 6.61 Å². The van der Waals surface area contributed by atoms with Crippen LogP contribution in [0.25, 0.3) is 0 Å². The van der Waals surface area contributed by atoms with E-state index in [1.165, 1.54) is 50.7 Å². The van der Waals surface area contributed by atoms with Gasteiger partial charge in [-0.1, -0.05) is 11.6 Å². The highest BCUT2D eigenvalue weighted by Gasteiger charge is 2.53. The number of rotatable bonds is 6. The van der Waals surface area contributed by atoms with Crippen LogP contribution in [0.2, 0.25) is 5.02 Å². The summed E-state index contributed by atoms with van der Waals surface area (Å²) in [5.41, 5.74) is 0.125. The van der Waals surface area contributed by atoms with E-state index in [1.807, 2.05) is 0 Å². The van der Waals surface area contributed by atoms with E-state index in [1.54, 1.807) is 0 Å². The smallest absolute Gasteiger partial charge is 0.338 e. The number of carbonyl (C=O) groups is 2. The van der Waals surface area contributed by atoms with E-state index in [0.717, 1.165) is 23.8 Å². The Morgan fingerprint density at radius 1 is 1.20 bits per heavy atom. The van der Waals surface area contributed by atoms with Crippen LogP contribution in [0.15, 0.2) is 23.1 Å². The van der Waals surface area contributed by atoms with Crippen molar-refractivity contribution < 1.29 is 22.7 Å². The van der Waals surface area contributed by atoms with Gasteiger partial charge in [-0.05, 0) is 86.8 Å². The predicted molar refractivity (Wildman–Crippen MR) is 111 cm³/mol. The molecule has 1 unspecified atom stereocenters. The summed E-state index contributed by atoms with van der Waals surface area (Å²) >= 11 is 5.82. The highest BCUT2D eigenvalue weighted by atomic mass is 35.5. The summed E-state index contributed by atoms with van der Waals surface area (Å²) in [4.78, 5) is 24.3. The minimum atomic E-state index is -4.08. The molecule has 3 N–H and O–H groups in total. The van der Waals surface area contributed by atoms with Gasteiger partial charge in [0.25, 0.3) is 5.91 Å². The third-order valence-corrected chi connectivity index (χ3v) is 8.58. The molecule has 9 heteroatoms. The summed E-state index contributed by atoms with van der Waals surface area (Å²) in [5, 5.41) is 8.05. The average Bonchev–Trinajstić information content (AvgIpc) is 2.64. The minimum Gasteiger partial charge on any atom is -0.452 e. The first kappa shape index (κ1) is 21.6. The zero-order chi connectivity index (χ0) is 21.7. The Balaban J connectivity index is 1.35. The van der Waals surface area contributed by atoms with Crippen LogP contribution < -0.4 is 10.5 Å². The van der Waals surface area contributed by atoms with Crippen LogP contribution in [0, 0.1) is 23.2 Å². The molecule has 1 aromatic rings. The van der Waals surface area contributed by atoms with Crippen molar-refractivity contribution in [2.45, 2.75) is 56.4 Å². The number of sulfonamides is 1. The van der Waals surface area contributed by atoms with Crippen LogP contribution in [0.5, 0.6) is 0 Å². The molecule has 4 fully saturated rings. The molecule has 1 aromatic carbocycles. The van der Waals surface area contributed by atoms with Gasteiger partial charge in [0, 0.05) is 6.04 Å². The zero-order valence-corrected chi connectivity index (χ0v) is 18.5. The van der Waals surface area contributed by atoms with Gasteiger partial charge in [0.1, 0.15) is 4.90 Å². The largest absolute Gasteiger partial charge is 0.452 e. The normalized spacial score (nSPS) is 30.7. The van der Waals surface area contributed by atoms with Gasteiger partial charge < -0.3 is 10.1 Å². The highest BCUT2D eigenvalue weighted by Crippen LogP contribution is 2.61. The third-order valence-electron chi connectivity index (χ3n) is 7.19. The van der Waals surface area contributed by atoms with Gasteiger partial charge in [-0.25, -0.2) is 18.4 Å². The molecule has 0 aliphatic heterocycles. The molecule has 0 heterocycles. The van der Waals surface area contributed by atoms with Gasteiger partial charge in [0.15, 0.2) is 6.61 Å². The minimum absolute atomic E-state index is 0.0293. The predicted octanol–water partition coefficient (Wildman–Crippen LogP) is 2.87. The maximum Gasteiger partial charge on any atom is 0.338 e. The number of nitrogens with two attached hydrogens (primary N) is 1. The maximum absolute atomic E-state index is 12.4. The van der Waals surface area contributed by atoms with Gasteiger partial charge in [-0.15, -0.1) is 0 Å². The van der Waals surface area contributed by atoms with Crippen LogP contribution in [-0.2, 0) is 19.6 Å². The number of ether oxygens (including phenoxy) is 1. The van der Waals surface area contributed by atoms with Crippen LogP contribution in [0.1, 0.15) is 55.8 Å². The van der Waals surface area contributed by atoms with E-state index in [9.17, 15) is 18.0 Å². The summed E-state index contributed by atoms with van der Waals surface area (Å²) < 4.78 is 28.2. The van der Waals surface area contributed by atoms with Gasteiger partial charge in [-0.2, -0.15) is 0 Å². The van der Waals surface area contributed by atoms with E-state index in [0.29, 0.717) is 0 Å². The Hall–Kier alpha value is -1.64. The van der Waals surface area contributed by atoms with Crippen LogP contribution in [-0.4, -0.2) is 32.9 Å². The number of hydrogen-bond acceptors (Lipinski definition) is 5. The second kappa shape index (κ2) is 7.80. The summed E-state index contributed by atoms with van der Waals surface area (Å²) in [6.45, 7) is 1.63. The van der Waals surface area contributed by atoms with Gasteiger partial charge in [0.2, 0.25) is 10.0 Å². The Kier molecular flexibility index (Phi) is 5.61. The first-order valence-electron chi connectivity index (χ1n) is 10.3. The Labute approximate surface area is 181 Å². The molecular weight excluding hydrogens is 428 g/mol. The van der Waals surface area contributed by atoms with Crippen LogP contribution in [0.4, 0.5) is 0 Å². The number of esters is 1. The van der Waals surface area contributed by atoms with Gasteiger partial charge in [-0.3, -0.25) is 4.79 Å². The lowest BCUT2D eigenvalue weighted by Gasteiger charge is -2.59. The first-order chi connectivity index (χ1) is 14.1. The zero-order valence-electron chi connectivity index (χ0n) is 16.9. The number of primary sulfonamides is 1. The molecule has 4 aliphatic carbocycles. The molecule has 30 heavy (non-hydrogen) atoms. The van der Waals surface area contributed by atoms with E-state index in [-0.39, 0.29) is 32.8 Å². The number of nitrogens with one attached hydrogen (secondary N) is 1. The second-order valence-electron chi connectivity index (χ2n) is 9.34. The van der Waals surface area contributed by atoms with Crippen molar-refractivity contribution >= 4 is 33.5 Å². The Morgan fingerprint density at radius 2 is 1.77 bits per heavy atom. The number of amides is 1. The topological polar surface area (TPSA) is 116 Å². The summed E-state index contributed by atoms with van der Waals surface area (Å²) in [5.74, 6) is 1.19. The summed E-state index contributed by atoms with van der Waals surface area (Å²) in [7, 11) is -4.08. The number of benzene rings is 1. The monoisotopic (exact) mass is 454 g/mol. The number of hydrogen-bond donors (Lipinski definition) is 2. The molecule has 0 spiro atoms. The average molecular weight is 455 g/mol. The quantitative estimate of drug-likeness (QED) is 0.641. The SMILES string of the molecule is CC(NC(=O)COC(=O)c1ccc(Cl)c(S(N)(=O)=O)c1)C12CC3CC(CC(C3)C1)C2. The maximum atomic E-state index is 12.4. The number of carbonyl (C=O) groups excluding carboxylic acids is 2. The van der Waals surface area contributed by atoms with Crippen molar-refractivity contribution in [3.8, 4) is 0 Å². The standard InChI is InChI=1S/C21H27ClN2O5S/c1-12(21-8-13-4-14(9-21)6-15(5-13)10-21)24-19(25)11-29-20(26)16-2-3-17(22)18(7-16)30(23,27)28/h2-3,7,12-15H,4-6,8-11H2,1H3,(H,24,25)(H2,23,27,28). The molecular formula is C21H27ClN2O5S. The lowest BCUT2D eigenvalue weighted by atomic mass is 9.48. The van der Waals surface area contributed by atoms with E-state index < -0.39 is 22.6 Å². The molecule has 1 amide bonds. The fraction of sp³-hybridized carbons (Fsp3) is 0.619. The fourth-order valence-electron chi connectivity index (χ4n) is 6.21. The summed E-state index contributed by atoms with van der Waals surface area (Å²) in [6, 6.07) is 3.67. The van der Waals surface area contributed by atoms with Crippen molar-refractivity contribution in [1.29, 1.82) is 0 Å². The van der Waals surface area contributed by atoms with E-state index in [2.05, 4.69) is 12.2 Å². The highest BCUT2D eigenvalue weighted by molar-refractivity contribution is 7.89. The van der Waals surface area contributed by atoms with E-state index >= 15 is 0 Å². The van der Waals surface area contributed by atoms with Crippen molar-refractivity contribution in [1.82, 2.24) is 5.32 Å². The molecule has 0 saturated heterocycles. The van der Waals surface area contributed by atoms with Gasteiger partial charge in [0.05, 0.1) is 10.6 Å². The molecule has 7 nitrogen and oxygen atoms in total. The first-order valence-corrected chi connectivity index (χ1v) is 12.3. The lowest BCUT2D eigenvalue weighted by Crippen LogP contribution is -2.56. The van der Waals surface area contributed by atoms with Crippen LogP contribution >= 0.6 is 11.6 Å². The van der Waals surface area contributed by atoms with Crippen molar-refractivity contribution in [2.24, 2.45) is 28.3 Å². The van der Waals surface area contributed by atoms with Crippen molar-refractivity contribution in [3.05, 3.63) is 28.8 Å². The second-order valence-corrected chi connectivity index (χ2v) is 11.3. The molecule has 0 radical (unpaired) electrons. The third kappa shape index (κ3) is 4.22. The molecule has 164 valence electrons. The summed E-state index contributed by atoms with van der Waals surface area (Å²) in [6.07, 6.45) is 7.50. The lowest BCUT2D eigenvalue weighted by molar-refractivity contribution is -0.128.